The number of hydrogen-bond donors (Lipinski definition) is 5. The van der Waals surface area contributed by atoms with E-state index in [9.17, 15) is 10.4 Å². The fourth-order valence-corrected chi connectivity index (χ4v) is 2.85. The average molecular weight is 409 g/mol. The van der Waals surface area contributed by atoms with Gasteiger partial charge in [0.1, 0.15) is 17.5 Å². The van der Waals surface area contributed by atoms with Crippen molar-refractivity contribution >= 4 is 33.2 Å². The Morgan fingerprint density at radius 1 is 1.52 bits per heavy atom. The molecule has 3 rings (SSSR count). The van der Waals surface area contributed by atoms with Gasteiger partial charge in [0.25, 0.3) is 0 Å². The van der Waals surface area contributed by atoms with Crippen molar-refractivity contribution in [3.05, 3.63) is 15.7 Å². The maximum absolute atomic E-state index is 9.45. The number of anilines is 2. The van der Waals surface area contributed by atoms with Crippen molar-refractivity contribution in [2.24, 2.45) is 0 Å². The SMILES string of the molecule is Cc1nn2c(N)c(C#N)c(NC(C)CNNC3(CO)CC3)nc2c1Br. The minimum absolute atomic E-state index is 0.0220. The lowest BCUT2D eigenvalue weighted by Gasteiger charge is -2.20. The van der Waals surface area contributed by atoms with Crippen LogP contribution in [0.5, 0.6) is 0 Å². The molecule has 0 spiro atoms. The molecule has 2 aromatic rings. The normalized spacial score (nSPS) is 16.6. The Balaban J connectivity index is 1.76. The number of hydrogen-bond acceptors (Lipinski definition) is 8. The van der Waals surface area contributed by atoms with E-state index < -0.39 is 0 Å². The zero-order valence-corrected chi connectivity index (χ0v) is 15.7. The highest BCUT2D eigenvalue weighted by Crippen LogP contribution is 2.33. The van der Waals surface area contributed by atoms with E-state index in [0.29, 0.717) is 18.0 Å². The predicted molar refractivity (Wildman–Crippen MR) is 97.8 cm³/mol. The summed E-state index contributed by atoms with van der Waals surface area (Å²) in [5, 5.41) is 26.3. The van der Waals surface area contributed by atoms with Crippen LogP contribution in [0, 0.1) is 18.3 Å². The quantitative estimate of drug-likeness (QED) is 0.421. The lowest BCUT2D eigenvalue weighted by Crippen LogP contribution is -2.48. The number of aliphatic hydroxyl groups excluding tert-OH is 1. The lowest BCUT2D eigenvalue weighted by atomic mass is 10.2. The van der Waals surface area contributed by atoms with Gasteiger partial charge in [-0.3, -0.25) is 5.43 Å². The fraction of sp³-hybridized carbons (Fsp3) is 0.533. The first-order chi connectivity index (χ1) is 11.9. The first-order valence-corrected chi connectivity index (χ1v) is 8.82. The molecule has 0 aliphatic heterocycles. The van der Waals surface area contributed by atoms with E-state index in [0.717, 1.165) is 23.0 Å². The molecule has 25 heavy (non-hydrogen) atoms. The van der Waals surface area contributed by atoms with Gasteiger partial charge >= 0.3 is 0 Å². The van der Waals surface area contributed by atoms with E-state index in [1.807, 2.05) is 13.8 Å². The molecule has 10 heteroatoms. The van der Waals surface area contributed by atoms with Crippen molar-refractivity contribution in [2.75, 3.05) is 24.2 Å². The van der Waals surface area contributed by atoms with Crippen LogP contribution in [0.15, 0.2) is 4.47 Å². The van der Waals surface area contributed by atoms with Gasteiger partial charge in [-0.15, -0.1) is 0 Å². The standard InChI is InChI=1S/C15H21BrN8O/c1-8(6-19-23-15(7-25)3-4-15)20-13-10(5-17)12(18)24-14(21-13)11(16)9(2)22-24/h8,19,23,25H,3-4,6-7,18H2,1-2H3,(H,20,21). The van der Waals surface area contributed by atoms with Crippen LogP contribution in [-0.4, -0.2) is 44.4 Å². The molecule has 0 amide bonds. The van der Waals surface area contributed by atoms with Crippen LogP contribution in [0.1, 0.15) is 31.0 Å². The lowest BCUT2D eigenvalue weighted by molar-refractivity contribution is 0.216. The van der Waals surface area contributed by atoms with Crippen molar-refractivity contribution in [3.63, 3.8) is 0 Å². The molecule has 9 nitrogen and oxygen atoms in total. The van der Waals surface area contributed by atoms with Crippen LogP contribution < -0.4 is 21.9 Å². The summed E-state index contributed by atoms with van der Waals surface area (Å²) in [6.45, 7) is 4.50. The molecule has 1 aliphatic carbocycles. The molecule has 1 aliphatic rings. The summed E-state index contributed by atoms with van der Waals surface area (Å²) in [7, 11) is 0. The van der Waals surface area contributed by atoms with Crippen molar-refractivity contribution in [3.8, 4) is 6.07 Å². The van der Waals surface area contributed by atoms with Gasteiger partial charge in [0, 0.05) is 12.6 Å². The summed E-state index contributed by atoms with van der Waals surface area (Å²) in [6, 6.07) is 2.07. The van der Waals surface area contributed by atoms with Gasteiger partial charge in [0.15, 0.2) is 11.5 Å². The number of nitrogens with two attached hydrogens (primary N) is 1. The molecule has 0 saturated heterocycles. The van der Waals surface area contributed by atoms with E-state index >= 15 is 0 Å². The van der Waals surface area contributed by atoms with Gasteiger partial charge in [0.05, 0.1) is 22.3 Å². The van der Waals surface area contributed by atoms with Gasteiger partial charge in [0.2, 0.25) is 0 Å². The second-order valence-electron chi connectivity index (χ2n) is 6.46. The van der Waals surface area contributed by atoms with Crippen LogP contribution in [0.4, 0.5) is 11.6 Å². The Morgan fingerprint density at radius 3 is 2.84 bits per heavy atom. The molecule has 2 heterocycles. The highest BCUT2D eigenvalue weighted by molar-refractivity contribution is 9.10. The highest BCUT2D eigenvalue weighted by atomic mass is 79.9. The largest absolute Gasteiger partial charge is 0.394 e. The number of hydrazine groups is 1. The maximum Gasteiger partial charge on any atom is 0.174 e. The molecule has 1 atom stereocenters. The summed E-state index contributed by atoms with van der Waals surface area (Å²) in [4.78, 5) is 4.50. The van der Waals surface area contributed by atoms with E-state index in [1.165, 1.54) is 4.52 Å². The van der Waals surface area contributed by atoms with E-state index in [2.05, 4.69) is 48.3 Å². The van der Waals surface area contributed by atoms with Gasteiger partial charge in [-0.25, -0.2) is 10.4 Å². The summed E-state index contributed by atoms with van der Waals surface area (Å²) in [6.07, 6.45) is 1.92. The molecule has 134 valence electrons. The molecular formula is C15H21BrN8O. The number of fused-ring (bicyclic) bond motifs is 1. The van der Waals surface area contributed by atoms with Crippen LogP contribution in [0.3, 0.4) is 0 Å². The minimum Gasteiger partial charge on any atom is -0.394 e. The molecule has 0 radical (unpaired) electrons. The smallest absolute Gasteiger partial charge is 0.174 e. The highest BCUT2D eigenvalue weighted by Gasteiger charge is 2.41. The zero-order valence-electron chi connectivity index (χ0n) is 14.1. The second kappa shape index (κ2) is 6.76. The first-order valence-electron chi connectivity index (χ1n) is 8.02. The molecule has 6 N–H and O–H groups in total. The van der Waals surface area contributed by atoms with Gasteiger partial charge < -0.3 is 16.2 Å². The number of aryl methyl sites for hydroxylation is 1. The molecule has 1 saturated carbocycles. The molecule has 1 fully saturated rings. The fourth-order valence-electron chi connectivity index (χ4n) is 2.51. The van der Waals surface area contributed by atoms with Crippen LogP contribution in [0.2, 0.25) is 0 Å². The number of aromatic nitrogens is 3. The van der Waals surface area contributed by atoms with E-state index in [1.54, 1.807) is 0 Å². The number of rotatable bonds is 7. The first kappa shape index (κ1) is 17.9. The van der Waals surface area contributed by atoms with Gasteiger partial charge in [-0.2, -0.15) is 14.9 Å². The predicted octanol–water partition coefficient (Wildman–Crippen LogP) is 0.674. The second-order valence-corrected chi connectivity index (χ2v) is 7.25. The molecular weight excluding hydrogens is 388 g/mol. The Hall–Kier alpha value is -1.93. The van der Waals surface area contributed by atoms with Crippen molar-refractivity contribution < 1.29 is 5.11 Å². The maximum atomic E-state index is 9.45. The molecule has 2 aromatic heterocycles. The average Bonchev–Trinajstić information content (AvgIpc) is 3.31. The third-order valence-corrected chi connectivity index (χ3v) is 5.24. The number of nitrogens with zero attached hydrogens (tertiary/aromatic N) is 4. The van der Waals surface area contributed by atoms with Gasteiger partial charge in [-0.05, 0) is 42.6 Å². The Bertz CT molecular complexity index is 838. The van der Waals surface area contributed by atoms with Crippen molar-refractivity contribution in [2.45, 2.75) is 38.3 Å². The van der Waals surface area contributed by atoms with Crippen LogP contribution in [-0.2, 0) is 0 Å². The van der Waals surface area contributed by atoms with E-state index in [-0.39, 0.29) is 29.6 Å². The van der Waals surface area contributed by atoms with Crippen molar-refractivity contribution in [1.82, 2.24) is 25.4 Å². The number of nitrogen functional groups attached to an aromatic ring is 1. The third-order valence-electron chi connectivity index (χ3n) is 4.32. The number of aliphatic hydroxyl groups is 1. The minimum atomic E-state index is -0.181. The Morgan fingerprint density at radius 2 is 2.24 bits per heavy atom. The summed E-state index contributed by atoms with van der Waals surface area (Å²) >= 11 is 3.45. The van der Waals surface area contributed by atoms with E-state index in [4.69, 9.17) is 5.73 Å². The number of nitriles is 1. The third kappa shape index (κ3) is 3.41. The molecule has 1 unspecified atom stereocenters. The van der Waals surface area contributed by atoms with Crippen LogP contribution >= 0.6 is 15.9 Å². The Kier molecular flexibility index (Phi) is 4.83. The number of halogens is 1. The number of nitrogens with one attached hydrogen (secondary N) is 3. The van der Waals surface area contributed by atoms with Crippen LogP contribution in [0.25, 0.3) is 5.65 Å². The van der Waals surface area contributed by atoms with Gasteiger partial charge in [-0.1, -0.05) is 0 Å². The summed E-state index contributed by atoms with van der Waals surface area (Å²) in [5.41, 5.74) is 13.8. The summed E-state index contributed by atoms with van der Waals surface area (Å²) in [5.74, 6) is 0.671. The molecule has 0 bridgehead atoms. The molecule has 0 aromatic carbocycles. The summed E-state index contributed by atoms with van der Waals surface area (Å²) < 4.78 is 2.21. The monoisotopic (exact) mass is 408 g/mol. The zero-order chi connectivity index (χ0) is 18.2. The topological polar surface area (TPSA) is 136 Å². The Labute approximate surface area is 153 Å². The van der Waals surface area contributed by atoms with Crippen molar-refractivity contribution in [1.29, 1.82) is 5.26 Å².